The summed E-state index contributed by atoms with van der Waals surface area (Å²) in [6.45, 7) is 2.66. The standard InChI is InChI=1S/C36H39Cl2F2NO11S/c1-20-13-25(37)24(26(38)14-20)17-30(22-9-12-29(51-34(39)40)31(16-22)48-18-21-7-8-21)50-32(42)19-49-33(43)23-10-11-28(47-5)27(15-23)41(53(6,45)46)35(44)52-36(2,3)4/h9-16,21,30,34H,7-8,17-19H2,1-6H3/t30-/m0/s1. The van der Waals surface area contributed by atoms with Crippen LogP contribution in [0.3, 0.4) is 0 Å². The summed E-state index contributed by atoms with van der Waals surface area (Å²) in [4.78, 5) is 39.4. The number of alkyl halides is 2. The molecular weight excluding hydrogens is 763 g/mol. The van der Waals surface area contributed by atoms with Crippen LogP contribution in [0.25, 0.3) is 0 Å². The number of carbonyl (C=O) groups is 3. The van der Waals surface area contributed by atoms with Gasteiger partial charge in [-0.3, -0.25) is 0 Å². The Kier molecular flexibility index (Phi) is 13.4. The number of carbonyl (C=O) groups excluding carboxylic acids is 3. The number of ether oxygens (including phenoxy) is 6. The Labute approximate surface area is 316 Å². The molecule has 1 amide bonds. The van der Waals surface area contributed by atoms with E-state index in [-0.39, 0.29) is 57.5 Å². The van der Waals surface area contributed by atoms with E-state index in [9.17, 15) is 31.6 Å². The van der Waals surface area contributed by atoms with Crippen LogP contribution in [0, 0.1) is 12.8 Å². The fraction of sp³-hybridized carbons (Fsp3) is 0.417. The van der Waals surface area contributed by atoms with Crippen LogP contribution >= 0.6 is 23.2 Å². The highest BCUT2D eigenvalue weighted by Gasteiger charge is 2.34. The SMILES string of the molecule is COc1ccc(C(=O)OCC(=O)O[C@@H](Cc2c(Cl)cc(C)cc2Cl)c2ccc(OC(F)F)c(OCC3CC3)c2)cc1N(C(=O)OC(C)(C)C)S(C)(=O)=O. The molecular formula is C36H39Cl2F2NO11S. The Morgan fingerprint density at radius 3 is 2.17 bits per heavy atom. The van der Waals surface area contributed by atoms with Crippen LogP contribution in [0.2, 0.25) is 10.0 Å². The summed E-state index contributed by atoms with van der Waals surface area (Å²) < 4.78 is 84.1. The first-order valence-electron chi connectivity index (χ1n) is 16.2. The number of esters is 2. The van der Waals surface area contributed by atoms with Gasteiger partial charge in [0.15, 0.2) is 18.1 Å². The van der Waals surface area contributed by atoms with Crippen LogP contribution in [0.4, 0.5) is 19.3 Å². The molecule has 288 valence electrons. The molecule has 0 spiro atoms. The van der Waals surface area contributed by atoms with Crippen LogP contribution in [0.5, 0.6) is 17.2 Å². The third-order valence-electron chi connectivity index (χ3n) is 7.52. The lowest BCUT2D eigenvalue weighted by Gasteiger charge is -2.27. The van der Waals surface area contributed by atoms with Gasteiger partial charge in [-0.05, 0) is 106 Å². The lowest BCUT2D eigenvalue weighted by atomic mass is 9.99. The number of hydrogen-bond donors (Lipinski definition) is 0. The summed E-state index contributed by atoms with van der Waals surface area (Å²) in [6, 6.07) is 10.9. The number of aryl methyl sites for hydroxylation is 1. The van der Waals surface area contributed by atoms with Crippen molar-refractivity contribution in [1.82, 2.24) is 0 Å². The molecule has 53 heavy (non-hydrogen) atoms. The van der Waals surface area contributed by atoms with E-state index >= 15 is 0 Å². The van der Waals surface area contributed by atoms with Gasteiger partial charge < -0.3 is 28.4 Å². The van der Waals surface area contributed by atoms with E-state index in [0.29, 0.717) is 15.4 Å². The molecule has 17 heteroatoms. The van der Waals surface area contributed by atoms with Crippen molar-refractivity contribution in [1.29, 1.82) is 0 Å². The van der Waals surface area contributed by atoms with Crippen molar-refractivity contribution in [3.05, 3.63) is 80.8 Å². The number of benzene rings is 3. The smallest absolute Gasteiger partial charge is 0.429 e. The van der Waals surface area contributed by atoms with Gasteiger partial charge in [-0.25, -0.2) is 22.8 Å². The molecule has 3 aromatic rings. The third-order valence-corrected chi connectivity index (χ3v) is 9.20. The molecule has 3 aromatic carbocycles. The van der Waals surface area contributed by atoms with Gasteiger partial charge in [-0.2, -0.15) is 13.1 Å². The minimum absolute atomic E-state index is 0.00751. The Balaban J connectivity index is 1.59. The molecule has 12 nitrogen and oxygen atoms in total. The number of amides is 1. The maximum Gasteiger partial charge on any atom is 0.429 e. The van der Waals surface area contributed by atoms with Gasteiger partial charge in [0.05, 0.1) is 25.5 Å². The van der Waals surface area contributed by atoms with E-state index in [1.165, 1.54) is 37.4 Å². The summed E-state index contributed by atoms with van der Waals surface area (Å²) in [5.74, 6) is -2.10. The van der Waals surface area contributed by atoms with Crippen LogP contribution in [-0.4, -0.2) is 65.2 Å². The molecule has 1 aliphatic carbocycles. The van der Waals surface area contributed by atoms with E-state index in [0.717, 1.165) is 30.7 Å². The number of rotatable bonds is 15. The van der Waals surface area contributed by atoms with Crippen LogP contribution in [0.1, 0.15) is 66.8 Å². The van der Waals surface area contributed by atoms with Crippen molar-refractivity contribution >= 4 is 56.9 Å². The highest BCUT2D eigenvalue weighted by molar-refractivity contribution is 7.92. The van der Waals surface area contributed by atoms with Crippen LogP contribution in [-0.2, 0) is 35.4 Å². The zero-order chi connectivity index (χ0) is 39.2. The lowest BCUT2D eigenvalue weighted by molar-refractivity contribution is -0.153. The van der Waals surface area contributed by atoms with E-state index in [4.69, 9.17) is 46.9 Å². The molecule has 1 atom stereocenters. The predicted octanol–water partition coefficient (Wildman–Crippen LogP) is 8.09. The minimum Gasteiger partial charge on any atom is -0.495 e. The summed E-state index contributed by atoms with van der Waals surface area (Å²) in [5.41, 5.74) is -0.132. The Bertz CT molecular complexity index is 1930. The lowest BCUT2D eigenvalue weighted by Crippen LogP contribution is -2.40. The first-order chi connectivity index (χ1) is 24.7. The van der Waals surface area contributed by atoms with Crippen molar-refractivity contribution in [2.45, 2.75) is 65.3 Å². The molecule has 0 bridgehead atoms. The molecule has 0 heterocycles. The van der Waals surface area contributed by atoms with Gasteiger partial charge in [-0.15, -0.1) is 0 Å². The molecule has 1 aliphatic rings. The molecule has 0 aliphatic heterocycles. The number of nitrogens with zero attached hydrogens (tertiary/aromatic N) is 1. The van der Waals surface area contributed by atoms with E-state index in [2.05, 4.69) is 4.74 Å². The summed E-state index contributed by atoms with van der Waals surface area (Å²) in [7, 11) is -3.07. The predicted molar refractivity (Wildman–Crippen MR) is 192 cm³/mol. The summed E-state index contributed by atoms with van der Waals surface area (Å²) >= 11 is 13.0. The first kappa shape index (κ1) is 41.4. The Morgan fingerprint density at radius 2 is 1.60 bits per heavy atom. The maximum atomic E-state index is 13.2. The molecule has 4 rings (SSSR count). The minimum atomic E-state index is -4.30. The highest BCUT2D eigenvalue weighted by Crippen LogP contribution is 2.39. The van der Waals surface area contributed by atoms with E-state index < -0.39 is 53.0 Å². The largest absolute Gasteiger partial charge is 0.495 e. The molecule has 0 aromatic heterocycles. The van der Waals surface area contributed by atoms with E-state index in [1.807, 2.05) is 0 Å². The Morgan fingerprint density at radius 1 is 0.962 bits per heavy atom. The zero-order valence-corrected chi connectivity index (χ0v) is 32.1. The summed E-state index contributed by atoms with van der Waals surface area (Å²) in [6.07, 6.45) is 0.196. The Hall–Kier alpha value is -4.34. The topological polar surface area (TPSA) is 144 Å². The second-order valence-corrected chi connectivity index (χ2v) is 15.8. The first-order valence-corrected chi connectivity index (χ1v) is 18.8. The number of anilines is 1. The van der Waals surface area contributed by atoms with Gasteiger partial charge in [-0.1, -0.05) is 29.3 Å². The zero-order valence-electron chi connectivity index (χ0n) is 29.7. The number of hydrogen-bond acceptors (Lipinski definition) is 11. The normalized spacial score (nSPS) is 13.6. The summed E-state index contributed by atoms with van der Waals surface area (Å²) in [5, 5.41) is 0.574. The average Bonchev–Trinajstić information content (AvgIpc) is 3.87. The van der Waals surface area contributed by atoms with Crippen molar-refractivity contribution in [3.63, 3.8) is 0 Å². The number of sulfonamides is 1. The van der Waals surface area contributed by atoms with Gasteiger partial charge >= 0.3 is 24.6 Å². The average molecular weight is 803 g/mol. The maximum absolute atomic E-state index is 13.2. The van der Waals surface area contributed by atoms with E-state index in [1.54, 1.807) is 39.8 Å². The molecule has 0 radical (unpaired) electrons. The second kappa shape index (κ2) is 17.2. The fourth-order valence-electron chi connectivity index (χ4n) is 4.95. The van der Waals surface area contributed by atoms with Gasteiger partial charge in [0.25, 0.3) is 0 Å². The molecule has 1 fully saturated rings. The molecule has 0 N–H and O–H groups in total. The number of methoxy groups -OCH3 is 1. The third kappa shape index (κ3) is 11.8. The van der Waals surface area contributed by atoms with Crippen molar-refractivity contribution in [2.75, 3.05) is 30.9 Å². The fourth-order valence-corrected chi connectivity index (χ4v) is 6.51. The quantitative estimate of drug-likeness (QED) is 0.109. The van der Waals surface area contributed by atoms with Gasteiger partial charge in [0.2, 0.25) is 10.0 Å². The highest BCUT2D eigenvalue weighted by atomic mass is 35.5. The van der Waals surface area contributed by atoms with Gasteiger partial charge in [0.1, 0.15) is 23.1 Å². The monoisotopic (exact) mass is 801 g/mol. The van der Waals surface area contributed by atoms with Crippen LogP contribution < -0.4 is 18.5 Å². The molecule has 1 saturated carbocycles. The molecule has 0 saturated heterocycles. The number of halogens is 4. The second-order valence-electron chi connectivity index (χ2n) is 13.2. The van der Waals surface area contributed by atoms with Crippen molar-refractivity contribution in [3.8, 4) is 17.2 Å². The van der Waals surface area contributed by atoms with Crippen LogP contribution in [0.15, 0.2) is 48.5 Å². The van der Waals surface area contributed by atoms with Crippen molar-refractivity contribution in [2.24, 2.45) is 5.92 Å². The van der Waals surface area contributed by atoms with Gasteiger partial charge in [0, 0.05) is 16.5 Å². The molecule has 0 unspecified atom stereocenters. The van der Waals surface area contributed by atoms with Crippen molar-refractivity contribution < 1.29 is 60.0 Å².